The molecule has 0 saturated carbocycles. The summed E-state index contributed by atoms with van der Waals surface area (Å²) in [4.78, 5) is 14.2. The van der Waals surface area contributed by atoms with E-state index >= 15 is 0 Å². The first-order valence-corrected chi connectivity index (χ1v) is 7.30. The third-order valence-electron chi connectivity index (χ3n) is 3.43. The van der Waals surface area contributed by atoms with Crippen LogP contribution in [0, 0.1) is 0 Å². The fourth-order valence-corrected chi connectivity index (χ4v) is 2.93. The Hall–Kier alpha value is -0.770. The number of nitrogens with zero attached hydrogens (tertiary/aromatic N) is 1. The first-order chi connectivity index (χ1) is 9.04. The predicted octanol–water partition coefficient (Wildman–Crippen LogP) is 3.81. The number of hydrogen-bond acceptors (Lipinski definition) is 2. The Morgan fingerprint density at radius 1 is 1.32 bits per heavy atom. The van der Waals surface area contributed by atoms with Crippen molar-refractivity contribution in [2.45, 2.75) is 32.2 Å². The van der Waals surface area contributed by atoms with Crippen LogP contribution in [0.3, 0.4) is 0 Å². The highest BCUT2D eigenvalue weighted by atomic mass is 35.5. The van der Waals surface area contributed by atoms with E-state index in [1.807, 2.05) is 0 Å². The van der Waals surface area contributed by atoms with E-state index in [0.717, 1.165) is 13.0 Å². The van der Waals surface area contributed by atoms with Crippen LogP contribution >= 0.6 is 23.2 Å². The SMILES string of the molecule is C[C@@H]1CCCCN1CC(=O)Nc1cc(Cl)cc(Cl)c1. The molecule has 0 radical (unpaired) electrons. The summed E-state index contributed by atoms with van der Waals surface area (Å²) in [5.74, 6) is -0.0212. The molecule has 1 aliphatic heterocycles. The summed E-state index contributed by atoms with van der Waals surface area (Å²) in [5.41, 5.74) is 0.646. The van der Waals surface area contributed by atoms with Gasteiger partial charge in [-0.25, -0.2) is 0 Å². The lowest BCUT2D eigenvalue weighted by molar-refractivity contribution is -0.118. The number of anilines is 1. The minimum atomic E-state index is -0.0212. The van der Waals surface area contributed by atoms with Crippen LogP contribution in [0.4, 0.5) is 5.69 Å². The Kier molecular flexibility index (Phi) is 5.08. The number of likely N-dealkylation sites (tertiary alicyclic amines) is 1. The van der Waals surface area contributed by atoms with Crippen LogP contribution in [-0.2, 0) is 4.79 Å². The van der Waals surface area contributed by atoms with Crippen LogP contribution in [-0.4, -0.2) is 29.9 Å². The molecule has 3 nitrogen and oxygen atoms in total. The second-order valence-electron chi connectivity index (χ2n) is 5.02. The summed E-state index contributed by atoms with van der Waals surface area (Å²) in [6.45, 7) is 3.58. The minimum Gasteiger partial charge on any atom is -0.325 e. The average Bonchev–Trinajstić information content (AvgIpc) is 2.30. The average molecular weight is 301 g/mol. The van der Waals surface area contributed by atoms with Crippen LogP contribution < -0.4 is 5.32 Å². The minimum absolute atomic E-state index is 0.0212. The van der Waals surface area contributed by atoms with Gasteiger partial charge in [0.05, 0.1) is 6.54 Å². The highest BCUT2D eigenvalue weighted by Gasteiger charge is 2.20. The second-order valence-corrected chi connectivity index (χ2v) is 5.89. The van der Waals surface area contributed by atoms with Gasteiger partial charge in [-0.2, -0.15) is 0 Å². The maximum absolute atomic E-state index is 12.0. The van der Waals surface area contributed by atoms with Gasteiger partial charge in [0, 0.05) is 21.8 Å². The van der Waals surface area contributed by atoms with Crippen molar-refractivity contribution in [2.75, 3.05) is 18.4 Å². The largest absolute Gasteiger partial charge is 0.325 e. The standard InChI is InChI=1S/C14H18Cl2N2O/c1-10-4-2-3-5-18(10)9-14(19)17-13-7-11(15)6-12(16)8-13/h6-8,10H,2-5,9H2,1H3,(H,17,19)/t10-/m1/s1. The molecule has 5 heteroatoms. The second kappa shape index (κ2) is 6.60. The molecule has 1 N–H and O–H groups in total. The monoisotopic (exact) mass is 300 g/mol. The summed E-state index contributed by atoms with van der Waals surface area (Å²) in [7, 11) is 0. The van der Waals surface area contributed by atoms with E-state index in [1.54, 1.807) is 18.2 Å². The van der Waals surface area contributed by atoms with Gasteiger partial charge >= 0.3 is 0 Å². The summed E-state index contributed by atoms with van der Waals surface area (Å²) in [6.07, 6.45) is 3.58. The fourth-order valence-electron chi connectivity index (χ4n) is 2.40. The fraction of sp³-hybridized carbons (Fsp3) is 0.500. The molecule has 0 unspecified atom stereocenters. The Bertz CT molecular complexity index is 445. The van der Waals surface area contributed by atoms with E-state index in [1.165, 1.54) is 12.8 Å². The maximum Gasteiger partial charge on any atom is 0.238 e. The summed E-state index contributed by atoms with van der Waals surface area (Å²) >= 11 is 11.8. The molecule has 1 heterocycles. The van der Waals surface area contributed by atoms with E-state index in [2.05, 4.69) is 17.1 Å². The quantitative estimate of drug-likeness (QED) is 0.921. The normalized spacial score (nSPS) is 20.3. The van der Waals surface area contributed by atoms with Gasteiger partial charge in [-0.3, -0.25) is 9.69 Å². The van der Waals surface area contributed by atoms with Crippen LogP contribution in [0.5, 0.6) is 0 Å². The van der Waals surface area contributed by atoms with Crippen molar-refractivity contribution < 1.29 is 4.79 Å². The number of carbonyl (C=O) groups excluding carboxylic acids is 1. The smallest absolute Gasteiger partial charge is 0.238 e. The summed E-state index contributed by atoms with van der Waals surface area (Å²) in [6, 6.07) is 5.52. The molecule has 1 fully saturated rings. The molecule has 0 aromatic heterocycles. The van der Waals surface area contributed by atoms with Gasteiger partial charge < -0.3 is 5.32 Å². The van der Waals surface area contributed by atoms with Crippen molar-refractivity contribution >= 4 is 34.8 Å². The Morgan fingerprint density at radius 2 is 2.00 bits per heavy atom. The third kappa shape index (κ3) is 4.37. The highest BCUT2D eigenvalue weighted by molar-refractivity contribution is 6.35. The van der Waals surface area contributed by atoms with Crippen LogP contribution in [0.15, 0.2) is 18.2 Å². The number of amides is 1. The van der Waals surface area contributed by atoms with E-state index < -0.39 is 0 Å². The van der Waals surface area contributed by atoms with Gasteiger partial charge in [0.2, 0.25) is 5.91 Å². The van der Waals surface area contributed by atoms with Crippen molar-refractivity contribution in [3.8, 4) is 0 Å². The van der Waals surface area contributed by atoms with Gasteiger partial charge in [0.15, 0.2) is 0 Å². The van der Waals surface area contributed by atoms with Crippen LogP contribution in [0.1, 0.15) is 26.2 Å². The van der Waals surface area contributed by atoms with Crippen LogP contribution in [0.25, 0.3) is 0 Å². The molecule has 1 aromatic carbocycles. The van der Waals surface area contributed by atoms with E-state index in [-0.39, 0.29) is 5.91 Å². The molecule has 0 aliphatic carbocycles. The van der Waals surface area contributed by atoms with Gasteiger partial charge in [0.25, 0.3) is 0 Å². The number of hydrogen-bond donors (Lipinski definition) is 1. The lowest BCUT2D eigenvalue weighted by Crippen LogP contribution is -2.42. The van der Waals surface area contributed by atoms with Crippen molar-refractivity contribution in [3.05, 3.63) is 28.2 Å². The van der Waals surface area contributed by atoms with Gasteiger partial charge in [-0.05, 0) is 44.5 Å². The van der Waals surface area contributed by atoms with E-state index in [4.69, 9.17) is 23.2 Å². The van der Waals surface area contributed by atoms with Crippen molar-refractivity contribution in [1.82, 2.24) is 4.90 Å². The molecular formula is C14H18Cl2N2O. The highest BCUT2D eigenvalue weighted by Crippen LogP contribution is 2.22. The van der Waals surface area contributed by atoms with Gasteiger partial charge in [0.1, 0.15) is 0 Å². The summed E-state index contributed by atoms with van der Waals surface area (Å²) in [5, 5.41) is 3.89. The third-order valence-corrected chi connectivity index (χ3v) is 3.87. The Balaban J connectivity index is 1.93. The predicted molar refractivity (Wildman–Crippen MR) is 80.0 cm³/mol. The van der Waals surface area contributed by atoms with Gasteiger partial charge in [-0.1, -0.05) is 29.6 Å². The molecule has 1 aromatic rings. The van der Waals surface area contributed by atoms with E-state index in [9.17, 15) is 4.79 Å². The molecule has 1 saturated heterocycles. The molecule has 1 aliphatic rings. The van der Waals surface area contributed by atoms with Crippen molar-refractivity contribution in [3.63, 3.8) is 0 Å². The molecule has 1 amide bonds. The molecule has 1 atom stereocenters. The first-order valence-electron chi connectivity index (χ1n) is 6.54. The number of rotatable bonds is 3. The first kappa shape index (κ1) is 14.6. The lowest BCUT2D eigenvalue weighted by Gasteiger charge is -2.32. The maximum atomic E-state index is 12.0. The zero-order valence-electron chi connectivity index (χ0n) is 11.0. The van der Waals surface area contributed by atoms with Crippen molar-refractivity contribution in [2.24, 2.45) is 0 Å². The zero-order valence-corrected chi connectivity index (χ0v) is 12.5. The molecule has 2 rings (SSSR count). The zero-order chi connectivity index (χ0) is 13.8. The number of halogens is 2. The number of piperidine rings is 1. The summed E-state index contributed by atoms with van der Waals surface area (Å²) < 4.78 is 0. The van der Waals surface area contributed by atoms with Crippen LogP contribution in [0.2, 0.25) is 10.0 Å². The molecular weight excluding hydrogens is 283 g/mol. The number of carbonyl (C=O) groups is 1. The number of benzene rings is 1. The van der Waals surface area contributed by atoms with Gasteiger partial charge in [-0.15, -0.1) is 0 Å². The molecule has 104 valence electrons. The Morgan fingerprint density at radius 3 is 2.63 bits per heavy atom. The van der Waals surface area contributed by atoms with Crippen molar-refractivity contribution in [1.29, 1.82) is 0 Å². The molecule has 0 bridgehead atoms. The Labute approximate surface area is 123 Å². The topological polar surface area (TPSA) is 32.3 Å². The lowest BCUT2D eigenvalue weighted by atomic mass is 10.0. The molecule has 0 spiro atoms. The molecule has 19 heavy (non-hydrogen) atoms. The number of nitrogens with one attached hydrogen (secondary N) is 1. The van der Waals surface area contributed by atoms with E-state index in [0.29, 0.717) is 28.3 Å².